The lowest BCUT2D eigenvalue weighted by Gasteiger charge is -2.33. The Morgan fingerprint density at radius 1 is 1.41 bits per heavy atom. The average Bonchev–Trinajstić information content (AvgIpc) is 2.38. The van der Waals surface area contributed by atoms with Gasteiger partial charge in [0, 0.05) is 30.8 Å². The van der Waals surface area contributed by atoms with Crippen molar-refractivity contribution >= 4 is 11.5 Å². The fraction of sp³-hybridized carbons (Fsp3) is 0.533. The fourth-order valence-electron chi connectivity index (χ4n) is 2.58. The van der Waals surface area contributed by atoms with Gasteiger partial charge in [0.1, 0.15) is 0 Å². The largest absolute Gasteiger partial charge is 0.371 e. The van der Waals surface area contributed by atoms with E-state index < -0.39 is 0 Å². The van der Waals surface area contributed by atoms with Crippen molar-refractivity contribution in [1.82, 2.24) is 0 Å². The normalized spacial score (nSPS) is 20.4. The molecule has 1 heterocycles. The van der Waals surface area contributed by atoms with E-state index in [4.69, 9.17) is 0 Å². The van der Waals surface area contributed by atoms with E-state index in [2.05, 4.69) is 17.9 Å². The summed E-state index contributed by atoms with van der Waals surface area (Å²) in [6.45, 7) is 6.38. The minimum absolute atomic E-state index is 0.249. The van der Waals surface area contributed by atoms with E-state index in [-0.39, 0.29) is 5.78 Å². The van der Waals surface area contributed by atoms with Crippen molar-refractivity contribution in [2.24, 2.45) is 5.92 Å². The standard InChI is InChI=1S/C15H21NO/c1-3-15(17)13-8-4-5-9-14(13)16-10-6-7-12(2)11-16/h4-5,8-9,12H,3,6-7,10-11H2,1-2H3. The minimum atomic E-state index is 0.249. The fourth-order valence-corrected chi connectivity index (χ4v) is 2.58. The zero-order valence-corrected chi connectivity index (χ0v) is 10.8. The number of piperidine rings is 1. The molecule has 1 unspecified atom stereocenters. The molecule has 0 saturated carbocycles. The van der Waals surface area contributed by atoms with Gasteiger partial charge in [-0.1, -0.05) is 26.0 Å². The summed E-state index contributed by atoms with van der Waals surface area (Å²) in [5.74, 6) is 0.979. The summed E-state index contributed by atoms with van der Waals surface area (Å²) in [5.41, 5.74) is 2.02. The molecule has 92 valence electrons. The van der Waals surface area contributed by atoms with E-state index in [1.807, 2.05) is 25.1 Å². The van der Waals surface area contributed by atoms with Crippen molar-refractivity contribution in [2.75, 3.05) is 18.0 Å². The lowest BCUT2D eigenvalue weighted by Crippen LogP contribution is -2.35. The molecule has 1 fully saturated rings. The smallest absolute Gasteiger partial charge is 0.164 e. The molecule has 0 amide bonds. The highest BCUT2D eigenvalue weighted by atomic mass is 16.1. The predicted molar refractivity (Wildman–Crippen MR) is 71.7 cm³/mol. The van der Waals surface area contributed by atoms with Crippen molar-refractivity contribution in [3.05, 3.63) is 29.8 Å². The Morgan fingerprint density at radius 3 is 2.88 bits per heavy atom. The molecule has 2 rings (SSSR count). The van der Waals surface area contributed by atoms with Gasteiger partial charge in [-0.2, -0.15) is 0 Å². The summed E-state index contributed by atoms with van der Waals surface area (Å²) in [6.07, 6.45) is 3.12. The van der Waals surface area contributed by atoms with E-state index in [1.165, 1.54) is 12.8 Å². The number of carbonyl (C=O) groups is 1. The van der Waals surface area contributed by atoms with Crippen molar-refractivity contribution < 1.29 is 4.79 Å². The molecule has 1 aliphatic rings. The van der Waals surface area contributed by atoms with Crippen LogP contribution in [-0.2, 0) is 0 Å². The Hall–Kier alpha value is -1.31. The molecule has 1 aliphatic heterocycles. The van der Waals surface area contributed by atoms with Gasteiger partial charge in [-0.25, -0.2) is 0 Å². The number of carbonyl (C=O) groups excluding carboxylic acids is 1. The molecule has 0 bridgehead atoms. The van der Waals surface area contributed by atoms with Gasteiger partial charge in [0.25, 0.3) is 0 Å². The monoisotopic (exact) mass is 231 g/mol. The molecule has 0 spiro atoms. The maximum atomic E-state index is 11.9. The Balaban J connectivity index is 2.27. The molecular weight excluding hydrogens is 210 g/mol. The molecule has 0 aromatic heterocycles. The first-order valence-electron chi connectivity index (χ1n) is 6.59. The van der Waals surface area contributed by atoms with Gasteiger partial charge < -0.3 is 4.90 Å². The summed E-state index contributed by atoms with van der Waals surface area (Å²) < 4.78 is 0. The minimum Gasteiger partial charge on any atom is -0.371 e. The molecule has 0 radical (unpaired) electrons. The summed E-state index contributed by atoms with van der Waals surface area (Å²) in [6, 6.07) is 8.03. The van der Waals surface area contributed by atoms with Gasteiger partial charge in [0.2, 0.25) is 0 Å². The number of hydrogen-bond donors (Lipinski definition) is 0. The lowest BCUT2D eigenvalue weighted by molar-refractivity contribution is 0.0988. The summed E-state index contributed by atoms with van der Waals surface area (Å²) in [7, 11) is 0. The van der Waals surface area contributed by atoms with Crippen LogP contribution < -0.4 is 4.90 Å². The number of nitrogens with zero attached hydrogens (tertiary/aromatic N) is 1. The third kappa shape index (κ3) is 2.68. The van der Waals surface area contributed by atoms with Crippen LogP contribution in [0.2, 0.25) is 0 Å². The van der Waals surface area contributed by atoms with Crippen LogP contribution in [-0.4, -0.2) is 18.9 Å². The van der Waals surface area contributed by atoms with Crippen LogP contribution in [0.1, 0.15) is 43.5 Å². The quantitative estimate of drug-likeness (QED) is 0.742. The number of anilines is 1. The van der Waals surface area contributed by atoms with Gasteiger partial charge in [0.15, 0.2) is 5.78 Å². The van der Waals surface area contributed by atoms with Gasteiger partial charge in [-0.05, 0) is 30.9 Å². The molecule has 0 aliphatic carbocycles. The third-order valence-electron chi connectivity index (χ3n) is 3.52. The molecule has 2 nitrogen and oxygen atoms in total. The van der Waals surface area contributed by atoms with Crippen molar-refractivity contribution in [3.8, 4) is 0 Å². The van der Waals surface area contributed by atoms with Crippen molar-refractivity contribution in [2.45, 2.75) is 33.1 Å². The molecule has 1 atom stereocenters. The summed E-state index contributed by atoms with van der Waals surface area (Å²) >= 11 is 0. The van der Waals surface area contributed by atoms with E-state index in [9.17, 15) is 4.79 Å². The van der Waals surface area contributed by atoms with E-state index in [0.717, 1.165) is 30.3 Å². The van der Waals surface area contributed by atoms with Crippen LogP contribution in [0.5, 0.6) is 0 Å². The summed E-state index contributed by atoms with van der Waals surface area (Å²) in [4.78, 5) is 14.3. The van der Waals surface area contributed by atoms with Gasteiger partial charge in [0.05, 0.1) is 0 Å². The molecule has 17 heavy (non-hydrogen) atoms. The first kappa shape index (κ1) is 12.2. The van der Waals surface area contributed by atoms with Crippen LogP contribution in [0, 0.1) is 5.92 Å². The van der Waals surface area contributed by atoms with E-state index >= 15 is 0 Å². The third-order valence-corrected chi connectivity index (χ3v) is 3.52. The van der Waals surface area contributed by atoms with Crippen molar-refractivity contribution in [1.29, 1.82) is 0 Å². The maximum Gasteiger partial charge on any atom is 0.164 e. The number of Topliss-reactive ketones (excluding diaryl/α,β-unsaturated/α-hetero) is 1. The Labute approximate surface area is 104 Å². The zero-order chi connectivity index (χ0) is 12.3. The van der Waals surface area contributed by atoms with Crippen LogP contribution in [0.25, 0.3) is 0 Å². The number of hydrogen-bond acceptors (Lipinski definition) is 2. The number of benzene rings is 1. The second-order valence-electron chi connectivity index (χ2n) is 4.99. The number of rotatable bonds is 3. The Kier molecular flexibility index (Phi) is 3.82. The van der Waals surface area contributed by atoms with Crippen LogP contribution in [0.4, 0.5) is 5.69 Å². The second-order valence-corrected chi connectivity index (χ2v) is 4.99. The Bertz CT molecular complexity index is 400. The molecule has 0 N–H and O–H groups in total. The van der Waals surface area contributed by atoms with Crippen LogP contribution in [0.3, 0.4) is 0 Å². The highest BCUT2D eigenvalue weighted by Crippen LogP contribution is 2.26. The second kappa shape index (κ2) is 5.35. The van der Waals surface area contributed by atoms with Gasteiger partial charge >= 0.3 is 0 Å². The van der Waals surface area contributed by atoms with E-state index in [0.29, 0.717) is 6.42 Å². The zero-order valence-electron chi connectivity index (χ0n) is 10.8. The molecule has 1 saturated heterocycles. The Morgan fingerprint density at radius 2 is 2.18 bits per heavy atom. The lowest BCUT2D eigenvalue weighted by atomic mass is 9.98. The molecular formula is C15H21NO. The SMILES string of the molecule is CCC(=O)c1ccccc1N1CCCC(C)C1. The highest BCUT2D eigenvalue weighted by Gasteiger charge is 2.20. The predicted octanol–water partition coefficient (Wildman–Crippen LogP) is 3.52. The first-order valence-corrected chi connectivity index (χ1v) is 6.59. The van der Waals surface area contributed by atoms with Crippen molar-refractivity contribution in [3.63, 3.8) is 0 Å². The topological polar surface area (TPSA) is 20.3 Å². The highest BCUT2D eigenvalue weighted by molar-refractivity contribution is 6.01. The maximum absolute atomic E-state index is 11.9. The number of para-hydroxylation sites is 1. The molecule has 2 heteroatoms. The van der Waals surface area contributed by atoms with E-state index in [1.54, 1.807) is 0 Å². The van der Waals surface area contributed by atoms with Gasteiger partial charge in [-0.3, -0.25) is 4.79 Å². The molecule has 1 aromatic carbocycles. The average molecular weight is 231 g/mol. The van der Waals surface area contributed by atoms with Crippen LogP contribution >= 0.6 is 0 Å². The van der Waals surface area contributed by atoms with Crippen LogP contribution in [0.15, 0.2) is 24.3 Å². The first-order chi connectivity index (χ1) is 8.22. The summed E-state index contributed by atoms with van der Waals surface area (Å²) in [5, 5.41) is 0. The van der Waals surface area contributed by atoms with Gasteiger partial charge in [-0.15, -0.1) is 0 Å². The number of ketones is 1. The molecule has 1 aromatic rings.